The van der Waals surface area contributed by atoms with E-state index >= 15 is 0 Å². The van der Waals surface area contributed by atoms with Crippen molar-refractivity contribution >= 4 is 12.0 Å². The zero-order valence-electron chi connectivity index (χ0n) is 11.6. The number of aliphatic hydroxyl groups is 1. The molecule has 0 bridgehead atoms. The fourth-order valence-electron chi connectivity index (χ4n) is 2.26. The minimum atomic E-state index is -0.428. The highest BCUT2D eigenvalue weighted by molar-refractivity contribution is 5.87. The molecular weight excluding hydrogens is 246 g/mol. The second-order valence-corrected chi connectivity index (χ2v) is 5.19. The Morgan fingerprint density at radius 3 is 2.84 bits per heavy atom. The van der Waals surface area contributed by atoms with E-state index in [1.54, 1.807) is 9.58 Å². The van der Waals surface area contributed by atoms with Gasteiger partial charge in [0.1, 0.15) is 5.82 Å². The van der Waals surface area contributed by atoms with Crippen LogP contribution in [0.25, 0.3) is 0 Å². The Bertz CT molecular complexity index is 457. The van der Waals surface area contributed by atoms with Gasteiger partial charge in [-0.15, -0.1) is 5.10 Å². The number of piperidine rings is 1. The maximum atomic E-state index is 12.0. The van der Waals surface area contributed by atoms with Gasteiger partial charge in [-0.2, -0.15) is 4.98 Å². The molecule has 0 radical (unpaired) electrons. The summed E-state index contributed by atoms with van der Waals surface area (Å²) < 4.78 is 1.76. The summed E-state index contributed by atoms with van der Waals surface area (Å²) in [5, 5.41) is 16.5. The van der Waals surface area contributed by atoms with Crippen LogP contribution in [-0.2, 0) is 0 Å². The Morgan fingerprint density at radius 2 is 2.26 bits per heavy atom. The van der Waals surface area contributed by atoms with Crippen molar-refractivity contribution in [3.05, 3.63) is 5.82 Å². The number of aliphatic hydroxyl groups excluding tert-OH is 1. The molecule has 2 heterocycles. The number of carbonyl (C=O) groups excluding carboxylic acids is 1. The van der Waals surface area contributed by atoms with E-state index in [2.05, 4.69) is 15.4 Å². The monoisotopic (exact) mass is 267 g/mol. The highest BCUT2D eigenvalue weighted by atomic mass is 16.3. The summed E-state index contributed by atoms with van der Waals surface area (Å²) in [4.78, 5) is 17.8. The number of nitrogens with zero attached hydrogens (tertiary/aromatic N) is 4. The van der Waals surface area contributed by atoms with Crippen LogP contribution in [-0.4, -0.2) is 50.0 Å². The first-order chi connectivity index (χ1) is 8.97. The molecule has 1 saturated heterocycles. The van der Waals surface area contributed by atoms with Gasteiger partial charge in [0, 0.05) is 19.1 Å². The van der Waals surface area contributed by atoms with Crippen LogP contribution in [0, 0.1) is 6.92 Å². The Hall–Kier alpha value is -1.63. The van der Waals surface area contributed by atoms with Crippen molar-refractivity contribution < 1.29 is 9.90 Å². The van der Waals surface area contributed by atoms with E-state index in [0.29, 0.717) is 19.0 Å². The van der Waals surface area contributed by atoms with Crippen LogP contribution >= 0.6 is 0 Å². The Morgan fingerprint density at radius 1 is 1.53 bits per heavy atom. The highest BCUT2D eigenvalue weighted by Gasteiger charge is 2.23. The van der Waals surface area contributed by atoms with Crippen LogP contribution < -0.4 is 5.32 Å². The molecule has 19 heavy (non-hydrogen) atoms. The van der Waals surface area contributed by atoms with Gasteiger partial charge >= 0.3 is 6.03 Å². The minimum Gasteiger partial charge on any atom is -0.391 e. The molecule has 1 aromatic heterocycles. The van der Waals surface area contributed by atoms with Crippen molar-refractivity contribution in [1.29, 1.82) is 0 Å². The van der Waals surface area contributed by atoms with Crippen LogP contribution in [0.1, 0.15) is 38.6 Å². The number of likely N-dealkylation sites (tertiary alicyclic amines) is 1. The zero-order chi connectivity index (χ0) is 14.0. The minimum absolute atomic E-state index is 0.204. The number of nitrogens with one attached hydrogen (secondary N) is 1. The third-order valence-corrected chi connectivity index (χ3v) is 3.19. The first-order valence-electron chi connectivity index (χ1n) is 6.64. The van der Waals surface area contributed by atoms with Crippen molar-refractivity contribution in [1.82, 2.24) is 19.7 Å². The maximum absolute atomic E-state index is 12.0. The van der Waals surface area contributed by atoms with E-state index < -0.39 is 6.10 Å². The normalized spacial score (nSPS) is 19.8. The van der Waals surface area contributed by atoms with Crippen LogP contribution in [0.4, 0.5) is 10.7 Å². The number of aromatic nitrogens is 3. The number of rotatable bonds is 2. The molecule has 2 rings (SSSR count). The lowest BCUT2D eigenvalue weighted by molar-refractivity contribution is 0.0883. The fraction of sp³-hybridized carbons (Fsp3) is 0.750. The first-order valence-corrected chi connectivity index (χ1v) is 6.64. The van der Waals surface area contributed by atoms with Crippen LogP contribution in [0.5, 0.6) is 0 Å². The van der Waals surface area contributed by atoms with Gasteiger partial charge in [-0.3, -0.25) is 5.32 Å². The van der Waals surface area contributed by atoms with Crippen molar-refractivity contribution in [3.8, 4) is 0 Å². The number of urea groups is 1. The lowest BCUT2D eigenvalue weighted by atomic mass is 10.1. The largest absolute Gasteiger partial charge is 0.391 e. The average Bonchev–Trinajstić information content (AvgIpc) is 2.70. The SMILES string of the molecule is Cc1nc(NC(=O)N2CCC[C@@H](O)C2)nn1C(C)C. The van der Waals surface area contributed by atoms with Crippen molar-refractivity contribution in [2.75, 3.05) is 18.4 Å². The predicted octanol–water partition coefficient (Wildman–Crippen LogP) is 1.16. The van der Waals surface area contributed by atoms with E-state index in [9.17, 15) is 9.90 Å². The lowest BCUT2D eigenvalue weighted by Gasteiger charge is -2.29. The van der Waals surface area contributed by atoms with Gasteiger partial charge in [-0.25, -0.2) is 9.48 Å². The molecule has 0 aliphatic carbocycles. The van der Waals surface area contributed by atoms with Gasteiger partial charge in [0.15, 0.2) is 0 Å². The van der Waals surface area contributed by atoms with Gasteiger partial charge < -0.3 is 10.0 Å². The number of hydrogen-bond acceptors (Lipinski definition) is 4. The molecule has 1 aromatic rings. The number of amides is 2. The quantitative estimate of drug-likeness (QED) is 0.842. The number of hydrogen-bond donors (Lipinski definition) is 2. The molecule has 1 aliphatic heterocycles. The molecule has 1 fully saturated rings. The summed E-state index contributed by atoms with van der Waals surface area (Å²) in [5.41, 5.74) is 0. The summed E-state index contributed by atoms with van der Waals surface area (Å²) in [7, 11) is 0. The molecule has 0 saturated carbocycles. The molecule has 2 amide bonds. The first kappa shape index (κ1) is 13.8. The second-order valence-electron chi connectivity index (χ2n) is 5.19. The molecule has 1 atom stereocenters. The van der Waals surface area contributed by atoms with E-state index in [0.717, 1.165) is 18.7 Å². The molecule has 0 spiro atoms. The number of aryl methyl sites for hydroxylation is 1. The average molecular weight is 267 g/mol. The van der Waals surface area contributed by atoms with Crippen molar-refractivity contribution in [3.63, 3.8) is 0 Å². The van der Waals surface area contributed by atoms with Crippen molar-refractivity contribution in [2.45, 2.75) is 45.8 Å². The molecule has 0 aromatic carbocycles. The molecule has 2 N–H and O–H groups in total. The van der Waals surface area contributed by atoms with Gasteiger partial charge in [0.05, 0.1) is 6.10 Å². The number of anilines is 1. The maximum Gasteiger partial charge on any atom is 0.324 e. The number of carbonyl (C=O) groups is 1. The Kier molecular flexibility index (Phi) is 4.04. The fourth-order valence-corrected chi connectivity index (χ4v) is 2.26. The summed E-state index contributed by atoms with van der Waals surface area (Å²) >= 11 is 0. The Balaban J connectivity index is 2.00. The highest BCUT2D eigenvalue weighted by Crippen LogP contribution is 2.13. The molecule has 1 aliphatic rings. The van der Waals surface area contributed by atoms with Crippen LogP contribution in [0.15, 0.2) is 0 Å². The summed E-state index contributed by atoms with van der Waals surface area (Å²) in [6.07, 6.45) is 1.15. The molecule has 7 heteroatoms. The van der Waals surface area contributed by atoms with E-state index in [-0.39, 0.29) is 12.1 Å². The standard InChI is InChI=1S/C12H21N5O2/c1-8(2)17-9(3)13-11(15-17)14-12(19)16-6-4-5-10(18)7-16/h8,10,18H,4-7H2,1-3H3,(H,14,15,19)/t10-/m1/s1. The third kappa shape index (κ3) is 3.23. The smallest absolute Gasteiger partial charge is 0.324 e. The van der Waals surface area contributed by atoms with Crippen LogP contribution in [0.3, 0.4) is 0 Å². The predicted molar refractivity (Wildman–Crippen MR) is 71.0 cm³/mol. The summed E-state index contributed by atoms with van der Waals surface area (Å²) in [5.74, 6) is 1.08. The van der Waals surface area contributed by atoms with Crippen molar-refractivity contribution in [2.24, 2.45) is 0 Å². The van der Waals surface area contributed by atoms with Gasteiger partial charge in [0.25, 0.3) is 0 Å². The topological polar surface area (TPSA) is 83.3 Å². The van der Waals surface area contributed by atoms with Gasteiger partial charge in [-0.1, -0.05) is 0 Å². The molecular formula is C12H21N5O2. The number of β-amino-alcohol motifs (C(OH)–C–C–N with tert-alkyl or cyclic N) is 1. The lowest BCUT2D eigenvalue weighted by Crippen LogP contribution is -2.44. The van der Waals surface area contributed by atoms with Crippen LogP contribution in [0.2, 0.25) is 0 Å². The van der Waals surface area contributed by atoms with E-state index in [4.69, 9.17) is 0 Å². The molecule has 7 nitrogen and oxygen atoms in total. The molecule has 106 valence electrons. The Labute approximate surface area is 112 Å². The van der Waals surface area contributed by atoms with E-state index in [1.165, 1.54) is 0 Å². The van der Waals surface area contributed by atoms with Gasteiger partial charge in [0.2, 0.25) is 5.95 Å². The molecule has 0 unspecified atom stereocenters. The van der Waals surface area contributed by atoms with E-state index in [1.807, 2.05) is 20.8 Å². The third-order valence-electron chi connectivity index (χ3n) is 3.19. The summed E-state index contributed by atoms with van der Waals surface area (Å²) in [6.45, 7) is 6.90. The zero-order valence-corrected chi connectivity index (χ0v) is 11.6. The second kappa shape index (κ2) is 5.56. The summed E-state index contributed by atoms with van der Waals surface area (Å²) in [6, 6.07) is -0.0467. The van der Waals surface area contributed by atoms with Gasteiger partial charge in [-0.05, 0) is 33.6 Å².